The summed E-state index contributed by atoms with van der Waals surface area (Å²) in [4.78, 5) is 7.03. The molecule has 1 aromatic carbocycles. The number of thiocarbonyl (C=S) groups is 1. The number of aromatic nitrogens is 2. The van der Waals surface area contributed by atoms with Gasteiger partial charge in [-0.2, -0.15) is 0 Å². The van der Waals surface area contributed by atoms with Gasteiger partial charge in [0.2, 0.25) is 0 Å². The minimum absolute atomic E-state index is 0.0304. The summed E-state index contributed by atoms with van der Waals surface area (Å²) in [6.07, 6.45) is 2.87. The van der Waals surface area contributed by atoms with Crippen molar-refractivity contribution in [2.24, 2.45) is 5.92 Å². The molecule has 5 heteroatoms. The van der Waals surface area contributed by atoms with Gasteiger partial charge in [-0.3, -0.25) is 4.98 Å². The second kappa shape index (κ2) is 8.83. The minimum atomic E-state index is 0.0304. The van der Waals surface area contributed by atoms with Crippen molar-refractivity contribution >= 4 is 17.3 Å². The maximum absolute atomic E-state index is 5.81. The van der Waals surface area contributed by atoms with Gasteiger partial charge in [0, 0.05) is 29.8 Å². The lowest BCUT2D eigenvalue weighted by atomic mass is 9.96. The average molecular weight is 433 g/mol. The van der Waals surface area contributed by atoms with E-state index in [0.29, 0.717) is 5.92 Å². The van der Waals surface area contributed by atoms with Gasteiger partial charge in [-0.05, 0) is 73.8 Å². The number of rotatable bonds is 6. The first-order valence-corrected chi connectivity index (χ1v) is 11.6. The van der Waals surface area contributed by atoms with E-state index in [2.05, 4.69) is 96.9 Å². The van der Waals surface area contributed by atoms with Crippen LogP contribution in [-0.2, 0) is 6.42 Å². The Morgan fingerprint density at radius 2 is 1.84 bits per heavy atom. The molecular formula is C26H32N4S. The second-order valence-electron chi connectivity index (χ2n) is 8.82. The zero-order valence-electron chi connectivity index (χ0n) is 19.1. The zero-order valence-corrected chi connectivity index (χ0v) is 19.9. The highest BCUT2D eigenvalue weighted by Crippen LogP contribution is 2.41. The molecule has 1 aliphatic heterocycles. The van der Waals surface area contributed by atoms with E-state index in [1.54, 1.807) is 0 Å². The van der Waals surface area contributed by atoms with Crippen molar-refractivity contribution in [1.29, 1.82) is 0 Å². The van der Waals surface area contributed by atoms with Gasteiger partial charge in [-0.1, -0.05) is 45.0 Å². The van der Waals surface area contributed by atoms with Crippen LogP contribution in [0.2, 0.25) is 0 Å². The molecule has 4 nitrogen and oxygen atoms in total. The Labute approximate surface area is 191 Å². The molecule has 4 rings (SSSR count). The highest BCUT2D eigenvalue weighted by atomic mass is 32.1. The predicted octanol–water partition coefficient (Wildman–Crippen LogP) is 5.68. The predicted molar refractivity (Wildman–Crippen MR) is 132 cm³/mol. The van der Waals surface area contributed by atoms with Gasteiger partial charge in [0.05, 0.1) is 17.8 Å². The molecule has 0 unspecified atom stereocenters. The standard InChI is InChI=1S/C26H32N4S/c1-6-20-11-7-8-13-23(20)30-18(4)15-21(19(30)5)25-24(22-12-9-10-14-27-22)28-26(31)29(25)16-17(2)3/h7-15,17,24-25H,6,16H2,1-5H3,(H,28,31)/t24-,25+/m1/s1. The van der Waals surface area contributed by atoms with E-state index < -0.39 is 0 Å². The van der Waals surface area contributed by atoms with Crippen LogP contribution in [0.15, 0.2) is 54.7 Å². The third-order valence-electron chi connectivity index (χ3n) is 6.16. The summed E-state index contributed by atoms with van der Waals surface area (Å²) in [5.74, 6) is 0.508. The fraction of sp³-hybridized carbons (Fsp3) is 0.385. The number of aryl methyl sites for hydroxylation is 2. The van der Waals surface area contributed by atoms with Crippen molar-refractivity contribution in [3.8, 4) is 5.69 Å². The average Bonchev–Trinajstić information content (AvgIpc) is 3.23. The topological polar surface area (TPSA) is 33.1 Å². The molecule has 0 radical (unpaired) electrons. The van der Waals surface area contributed by atoms with Crippen molar-refractivity contribution in [1.82, 2.24) is 19.8 Å². The van der Waals surface area contributed by atoms with Crippen molar-refractivity contribution in [3.05, 3.63) is 82.9 Å². The maximum atomic E-state index is 5.81. The summed E-state index contributed by atoms with van der Waals surface area (Å²) < 4.78 is 2.40. The normalized spacial score (nSPS) is 18.6. The van der Waals surface area contributed by atoms with Crippen LogP contribution in [0.25, 0.3) is 5.69 Å². The Bertz CT molecular complexity index is 1070. The van der Waals surface area contributed by atoms with E-state index >= 15 is 0 Å². The van der Waals surface area contributed by atoms with Crippen LogP contribution >= 0.6 is 12.2 Å². The molecule has 3 aromatic rings. The smallest absolute Gasteiger partial charge is 0.170 e. The van der Waals surface area contributed by atoms with Crippen LogP contribution in [-0.4, -0.2) is 26.1 Å². The summed E-state index contributed by atoms with van der Waals surface area (Å²) in [6.45, 7) is 12.1. The number of hydrogen-bond acceptors (Lipinski definition) is 2. The first-order valence-electron chi connectivity index (χ1n) is 11.2. The Balaban J connectivity index is 1.86. The Morgan fingerprint density at radius 3 is 2.52 bits per heavy atom. The fourth-order valence-electron chi connectivity index (χ4n) is 4.82. The highest BCUT2D eigenvalue weighted by Gasteiger charge is 2.41. The molecule has 3 heterocycles. The molecule has 0 saturated carbocycles. The van der Waals surface area contributed by atoms with E-state index in [1.807, 2.05) is 12.3 Å². The molecule has 0 amide bonds. The third-order valence-corrected chi connectivity index (χ3v) is 6.51. The van der Waals surface area contributed by atoms with Gasteiger partial charge in [-0.25, -0.2) is 0 Å². The zero-order chi connectivity index (χ0) is 22.1. The van der Waals surface area contributed by atoms with Gasteiger partial charge in [0.15, 0.2) is 5.11 Å². The molecule has 2 aromatic heterocycles. The number of nitrogens with one attached hydrogen (secondary N) is 1. The van der Waals surface area contributed by atoms with Crippen LogP contribution in [0, 0.1) is 19.8 Å². The van der Waals surface area contributed by atoms with Crippen LogP contribution < -0.4 is 5.32 Å². The van der Waals surface area contributed by atoms with E-state index in [9.17, 15) is 0 Å². The largest absolute Gasteiger partial charge is 0.352 e. The molecule has 0 spiro atoms. The van der Waals surface area contributed by atoms with Crippen LogP contribution in [0.4, 0.5) is 0 Å². The first-order chi connectivity index (χ1) is 14.9. The van der Waals surface area contributed by atoms with Gasteiger partial charge in [0.1, 0.15) is 0 Å². The lowest BCUT2D eigenvalue weighted by Crippen LogP contribution is -2.33. The number of benzene rings is 1. The molecule has 2 atom stereocenters. The number of nitrogens with zero attached hydrogens (tertiary/aromatic N) is 3. The minimum Gasteiger partial charge on any atom is -0.352 e. The van der Waals surface area contributed by atoms with Crippen molar-refractivity contribution in [3.63, 3.8) is 0 Å². The van der Waals surface area contributed by atoms with Gasteiger partial charge in [-0.15, -0.1) is 0 Å². The molecule has 1 fully saturated rings. The van der Waals surface area contributed by atoms with Crippen LogP contribution in [0.5, 0.6) is 0 Å². The molecule has 1 aliphatic rings. The molecule has 1 saturated heterocycles. The van der Waals surface area contributed by atoms with Gasteiger partial charge in [0.25, 0.3) is 0 Å². The van der Waals surface area contributed by atoms with E-state index in [0.717, 1.165) is 23.8 Å². The first kappa shape index (κ1) is 21.6. The fourth-order valence-corrected chi connectivity index (χ4v) is 5.13. The van der Waals surface area contributed by atoms with Crippen molar-refractivity contribution < 1.29 is 0 Å². The van der Waals surface area contributed by atoms with Crippen molar-refractivity contribution in [2.75, 3.05) is 6.54 Å². The molecule has 162 valence electrons. The van der Waals surface area contributed by atoms with Gasteiger partial charge >= 0.3 is 0 Å². The monoisotopic (exact) mass is 432 g/mol. The van der Waals surface area contributed by atoms with Crippen LogP contribution in [0.1, 0.15) is 61.1 Å². The number of pyridine rings is 1. The molecule has 0 aliphatic carbocycles. The van der Waals surface area contributed by atoms with E-state index in [-0.39, 0.29) is 12.1 Å². The number of hydrogen-bond donors (Lipinski definition) is 1. The summed E-state index contributed by atoms with van der Waals surface area (Å²) in [6, 6.07) is 17.3. The molecule has 0 bridgehead atoms. The quantitative estimate of drug-likeness (QED) is 0.508. The Hall–Kier alpha value is -2.66. The van der Waals surface area contributed by atoms with Crippen molar-refractivity contribution in [2.45, 2.75) is 53.1 Å². The highest BCUT2D eigenvalue weighted by molar-refractivity contribution is 7.80. The molecule has 1 N–H and O–H groups in total. The number of para-hydroxylation sites is 1. The van der Waals surface area contributed by atoms with E-state index in [1.165, 1.54) is 28.2 Å². The summed E-state index contributed by atoms with van der Waals surface area (Å²) in [5, 5.41) is 4.39. The SMILES string of the molecule is CCc1ccccc1-n1c(C)cc([C@H]2[C@@H](c3ccccn3)NC(=S)N2CC(C)C)c1C. The van der Waals surface area contributed by atoms with Gasteiger partial charge < -0.3 is 14.8 Å². The lowest BCUT2D eigenvalue weighted by Gasteiger charge is -2.29. The molecular weight excluding hydrogens is 400 g/mol. The van der Waals surface area contributed by atoms with E-state index in [4.69, 9.17) is 12.2 Å². The molecule has 31 heavy (non-hydrogen) atoms. The Morgan fingerprint density at radius 1 is 1.10 bits per heavy atom. The summed E-state index contributed by atoms with van der Waals surface area (Å²) in [5.41, 5.74) is 7.48. The third kappa shape index (κ3) is 3.99. The maximum Gasteiger partial charge on any atom is 0.170 e. The second-order valence-corrected chi connectivity index (χ2v) is 9.20. The summed E-state index contributed by atoms with van der Waals surface area (Å²) in [7, 11) is 0. The lowest BCUT2D eigenvalue weighted by molar-refractivity contribution is 0.287. The Kier molecular flexibility index (Phi) is 6.15. The summed E-state index contributed by atoms with van der Waals surface area (Å²) >= 11 is 5.81. The van der Waals surface area contributed by atoms with Crippen LogP contribution in [0.3, 0.4) is 0 Å².